The molecule has 4 rings (SSSR count). The number of rotatable bonds is 8. The molecule has 0 aliphatic rings. The van der Waals surface area contributed by atoms with E-state index in [4.69, 9.17) is 6.42 Å². The number of carbonyl (C=O) groups is 2. The largest absolute Gasteiger partial charge is 0.469 e. The van der Waals surface area contributed by atoms with E-state index in [0.717, 1.165) is 42.4 Å². The SMILES string of the molecule is C#CCCc1ccccc1.COC(=O)Cc1ccc(C#CCCc2ccccc2)cc1.COC(=O)Cc1ccc(I)cc1. The smallest absolute Gasteiger partial charge is 0.309 e. The number of hydrogen-bond acceptors (Lipinski definition) is 4. The molecule has 0 aliphatic carbocycles. The van der Waals surface area contributed by atoms with E-state index in [0.29, 0.717) is 12.8 Å². The van der Waals surface area contributed by atoms with E-state index < -0.39 is 0 Å². The highest BCUT2D eigenvalue weighted by Crippen LogP contribution is 2.08. The molecule has 0 bridgehead atoms. The van der Waals surface area contributed by atoms with Crippen molar-refractivity contribution < 1.29 is 19.1 Å². The predicted molar refractivity (Wildman–Crippen MR) is 182 cm³/mol. The summed E-state index contributed by atoms with van der Waals surface area (Å²) in [5.74, 6) is 8.52. The maximum atomic E-state index is 11.2. The van der Waals surface area contributed by atoms with Crippen molar-refractivity contribution in [2.45, 2.75) is 38.5 Å². The van der Waals surface area contributed by atoms with Crippen LogP contribution in [-0.2, 0) is 44.7 Å². The fraction of sp³-hybridized carbons (Fsp3) is 0.211. The first kappa shape index (κ1) is 34.9. The summed E-state index contributed by atoms with van der Waals surface area (Å²) in [6, 6.07) is 36.1. The molecule has 0 atom stereocenters. The van der Waals surface area contributed by atoms with Gasteiger partial charge in [-0.15, -0.1) is 12.3 Å². The number of methoxy groups -OCH3 is 2. The van der Waals surface area contributed by atoms with Crippen LogP contribution in [0.4, 0.5) is 0 Å². The maximum absolute atomic E-state index is 11.2. The van der Waals surface area contributed by atoms with Gasteiger partial charge in [0.05, 0.1) is 27.1 Å². The number of halogens is 1. The number of benzene rings is 4. The minimum atomic E-state index is -0.225. The molecular formula is C38H37IO4. The van der Waals surface area contributed by atoms with Crippen molar-refractivity contribution in [3.8, 4) is 24.2 Å². The van der Waals surface area contributed by atoms with Gasteiger partial charge >= 0.3 is 11.9 Å². The third-order valence-corrected chi connectivity index (χ3v) is 6.75. The Morgan fingerprint density at radius 2 is 1.07 bits per heavy atom. The number of terminal acetylenes is 1. The van der Waals surface area contributed by atoms with Gasteiger partial charge in [-0.05, 0) is 82.0 Å². The Morgan fingerprint density at radius 1 is 0.628 bits per heavy atom. The monoisotopic (exact) mass is 684 g/mol. The predicted octanol–water partition coefficient (Wildman–Crippen LogP) is 7.65. The van der Waals surface area contributed by atoms with Crippen LogP contribution in [0.2, 0.25) is 0 Å². The first-order valence-electron chi connectivity index (χ1n) is 13.9. The van der Waals surface area contributed by atoms with E-state index in [-0.39, 0.29) is 11.9 Å². The molecule has 4 aromatic carbocycles. The molecular weight excluding hydrogens is 647 g/mol. The minimum Gasteiger partial charge on any atom is -0.469 e. The molecule has 0 fully saturated rings. The van der Waals surface area contributed by atoms with Crippen molar-refractivity contribution in [3.63, 3.8) is 0 Å². The molecule has 0 saturated heterocycles. The molecule has 5 heteroatoms. The Hall–Kier alpha value is -4.33. The van der Waals surface area contributed by atoms with Crippen LogP contribution in [0.25, 0.3) is 0 Å². The molecule has 0 aromatic heterocycles. The van der Waals surface area contributed by atoms with Gasteiger partial charge in [-0.25, -0.2) is 0 Å². The molecule has 4 nitrogen and oxygen atoms in total. The zero-order chi connectivity index (χ0) is 31.1. The third-order valence-electron chi connectivity index (χ3n) is 6.03. The van der Waals surface area contributed by atoms with Crippen LogP contribution in [0.3, 0.4) is 0 Å². The van der Waals surface area contributed by atoms with Crippen LogP contribution >= 0.6 is 22.6 Å². The zero-order valence-electron chi connectivity index (χ0n) is 24.7. The molecule has 43 heavy (non-hydrogen) atoms. The fourth-order valence-electron chi connectivity index (χ4n) is 3.66. The summed E-state index contributed by atoms with van der Waals surface area (Å²) >= 11 is 2.22. The Labute approximate surface area is 270 Å². The zero-order valence-corrected chi connectivity index (χ0v) is 26.9. The highest BCUT2D eigenvalue weighted by Gasteiger charge is 2.02. The van der Waals surface area contributed by atoms with Crippen molar-refractivity contribution in [3.05, 3.63) is 141 Å². The Kier molecular flexibility index (Phi) is 17.3. The summed E-state index contributed by atoms with van der Waals surface area (Å²) in [7, 11) is 2.80. The van der Waals surface area contributed by atoms with Crippen LogP contribution in [0, 0.1) is 27.8 Å². The lowest BCUT2D eigenvalue weighted by Crippen LogP contribution is -2.04. The molecule has 0 saturated carbocycles. The van der Waals surface area contributed by atoms with Gasteiger partial charge in [0.1, 0.15) is 0 Å². The second-order valence-corrected chi connectivity index (χ2v) is 10.6. The fourth-order valence-corrected chi connectivity index (χ4v) is 4.02. The number of hydrogen-bond donors (Lipinski definition) is 0. The highest BCUT2D eigenvalue weighted by molar-refractivity contribution is 14.1. The lowest BCUT2D eigenvalue weighted by atomic mass is 10.1. The van der Waals surface area contributed by atoms with Gasteiger partial charge < -0.3 is 9.47 Å². The summed E-state index contributed by atoms with van der Waals surface area (Å²) in [6.45, 7) is 0. The molecule has 4 aromatic rings. The van der Waals surface area contributed by atoms with E-state index in [1.807, 2.05) is 84.9 Å². The maximum Gasteiger partial charge on any atom is 0.309 e. The van der Waals surface area contributed by atoms with E-state index in [1.54, 1.807) is 0 Å². The second kappa shape index (κ2) is 21.4. The molecule has 220 valence electrons. The van der Waals surface area contributed by atoms with E-state index in [1.165, 1.54) is 28.9 Å². The molecule has 0 N–H and O–H groups in total. The van der Waals surface area contributed by atoms with Crippen molar-refractivity contribution in [1.29, 1.82) is 0 Å². The molecule has 0 heterocycles. The molecule has 0 radical (unpaired) electrons. The standard InChI is InChI=1S/C19H18O2.C10H10.C9H9IO2/c1-21-19(20)15-18-13-11-17(12-14-18)10-6-5-9-16-7-3-2-4-8-16;1-2-3-7-10-8-5-4-6-9-10;1-12-9(11)6-7-2-4-8(10)5-3-7/h2-4,7-8,11-14H,5,9,15H2,1H3;1,4-6,8-9H,3,7H2;2-5H,6H2,1H3. The van der Waals surface area contributed by atoms with Crippen molar-refractivity contribution in [2.24, 2.45) is 0 Å². The van der Waals surface area contributed by atoms with Gasteiger partial charge in [0.25, 0.3) is 0 Å². The summed E-state index contributed by atoms with van der Waals surface area (Å²) in [5, 5.41) is 0. The lowest BCUT2D eigenvalue weighted by Gasteiger charge is -1.99. The van der Waals surface area contributed by atoms with E-state index in [9.17, 15) is 9.59 Å². The average molecular weight is 685 g/mol. The Bertz CT molecular complexity index is 1460. The van der Waals surface area contributed by atoms with Crippen LogP contribution in [-0.4, -0.2) is 26.2 Å². The summed E-state index contributed by atoms with van der Waals surface area (Å²) in [5.41, 5.74) is 5.52. The van der Waals surface area contributed by atoms with Gasteiger partial charge in [0.2, 0.25) is 0 Å². The van der Waals surface area contributed by atoms with Crippen molar-refractivity contribution in [2.75, 3.05) is 14.2 Å². The van der Waals surface area contributed by atoms with Crippen LogP contribution < -0.4 is 0 Å². The summed E-state index contributed by atoms with van der Waals surface area (Å²) in [6.07, 6.45) is 9.43. The molecule has 0 amide bonds. The Morgan fingerprint density at radius 3 is 1.51 bits per heavy atom. The number of ether oxygens (including phenoxy) is 2. The first-order valence-corrected chi connectivity index (χ1v) is 15.0. The molecule has 0 unspecified atom stereocenters. The topological polar surface area (TPSA) is 52.6 Å². The number of esters is 2. The number of carbonyl (C=O) groups excluding carboxylic acids is 2. The number of aryl methyl sites for hydroxylation is 2. The van der Waals surface area contributed by atoms with E-state index >= 15 is 0 Å². The summed E-state index contributed by atoms with van der Waals surface area (Å²) in [4.78, 5) is 22.0. The Balaban J connectivity index is 0.000000248. The third kappa shape index (κ3) is 16.0. The highest BCUT2D eigenvalue weighted by atomic mass is 127. The van der Waals surface area contributed by atoms with Crippen LogP contribution in [0.1, 0.15) is 40.7 Å². The molecule has 0 aliphatic heterocycles. The van der Waals surface area contributed by atoms with Gasteiger partial charge in [-0.2, -0.15) is 0 Å². The van der Waals surface area contributed by atoms with E-state index in [2.05, 4.69) is 74.1 Å². The van der Waals surface area contributed by atoms with Crippen LogP contribution in [0.5, 0.6) is 0 Å². The molecule has 0 spiro atoms. The second-order valence-electron chi connectivity index (χ2n) is 9.31. The lowest BCUT2D eigenvalue weighted by molar-refractivity contribution is -0.140. The quantitative estimate of drug-likeness (QED) is 0.109. The average Bonchev–Trinajstić information content (AvgIpc) is 3.05. The van der Waals surface area contributed by atoms with Gasteiger partial charge in [-0.1, -0.05) is 96.8 Å². The summed E-state index contributed by atoms with van der Waals surface area (Å²) < 4.78 is 10.4. The van der Waals surface area contributed by atoms with Gasteiger partial charge in [0, 0.05) is 22.0 Å². The minimum absolute atomic E-state index is 0.198. The van der Waals surface area contributed by atoms with Gasteiger partial charge in [-0.3, -0.25) is 9.59 Å². The van der Waals surface area contributed by atoms with Crippen molar-refractivity contribution >= 4 is 34.5 Å². The van der Waals surface area contributed by atoms with Crippen LogP contribution in [0.15, 0.2) is 109 Å². The normalized spacial score (nSPS) is 9.35. The van der Waals surface area contributed by atoms with Crippen molar-refractivity contribution in [1.82, 2.24) is 0 Å². The first-order chi connectivity index (χ1) is 20.9. The van der Waals surface area contributed by atoms with Gasteiger partial charge in [0.15, 0.2) is 0 Å².